The number of nitrogen functional groups attached to an aromatic ring is 1. The van der Waals surface area contributed by atoms with Gasteiger partial charge in [-0.05, 0) is 24.4 Å². The fourth-order valence-electron chi connectivity index (χ4n) is 1.70. The molecule has 0 bridgehead atoms. The van der Waals surface area contributed by atoms with E-state index >= 15 is 0 Å². The molecular weight excluding hydrogens is 236 g/mol. The highest BCUT2D eigenvalue weighted by atomic mass is 32.1. The van der Waals surface area contributed by atoms with Crippen LogP contribution in [0.4, 0.5) is 10.8 Å². The summed E-state index contributed by atoms with van der Waals surface area (Å²) in [4.78, 5) is 14.0. The van der Waals surface area contributed by atoms with E-state index in [1.54, 1.807) is 7.05 Å². The van der Waals surface area contributed by atoms with Crippen molar-refractivity contribution in [1.29, 1.82) is 0 Å². The molecule has 1 aromatic rings. The number of nitrogens with two attached hydrogens (primary N) is 1. The Morgan fingerprint density at radius 2 is 2.00 bits per heavy atom. The van der Waals surface area contributed by atoms with Crippen LogP contribution in [0.1, 0.15) is 37.0 Å². The Bertz CT molecular complexity index is 372. The van der Waals surface area contributed by atoms with Crippen molar-refractivity contribution in [2.75, 3.05) is 30.8 Å². The van der Waals surface area contributed by atoms with Crippen molar-refractivity contribution in [3.63, 3.8) is 0 Å². The zero-order valence-corrected chi connectivity index (χ0v) is 11.4. The Hall–Kier alpha value is -1.30. The Labute approximate surface area is 106 Å². The van der Waals surface area contributed by atoms with Gasteiger partial charge < -0.3 is 16.0 Å². The van der Waals surface area contributed by atoms with Crippen LogP contribution in [0.15, 0.2) is 0 Å². The standard InChI is InChI=1S/C11H20N4OS/c1-4-6-15(7-5-2)11-8(10(16)13-3)9(12)14-17-11/h4-7H2,1-3H3,(H2,12,14)(H,13,16). The molecule has 1 heterocycles. The summed E-state index contributed by atoms with van der Waals surface area (Å²) in [6.45, 7) is 6.07. The zero-order valence-electron chi connectivity index (χ0n) is 10.6. The van der Waals surface area contributed by atoms with Gasteiger partial charge in [0, 0.05) is 20.1 Å². The molecule has 96 valence electrons. The molecule has 0 fully saturated rings. The lowest BCUT2D eigenvalue weighted by atomic mass is 10.2. The molecule has 0 aliphatic carbocycles. The Kier molecular flexibility index (Phi) is 5.21. The quantitative estimate of drug-likeness (QED) is 0.813. The van der Waals surface area contributed by atoms with Crippen molar-refractivity contribution < 1.29 is 4.79 Å². The second kappa shape index (κ2) is 6.44. The normalized spacial score (nSPS) is 10.3. The van der Waals surface area contributed by atoms with Crippen LogP contribution < -0.4 is 16.0 Å². The van der Waals surface area contributed by atoms with E-state index in [9.17, 15) is 4.79 Å². The molecule has 1 aromatic heterocycles. The van der Waals surface area contributed by atoms with Gasteiger partial charge in [0.25, 0.3) is 5.91 Å². The van der Waals surface area contributed by atoms with Crippen LogP contribution in [0.3, 0.4) is 0 Å². The van der Waals surface area contributed by atoms with Crippen LogP contribution in [-0.2, 0) is 0 Å². The van der Waals surface area contributed by atoms with Crippen molar-refractivity contribution in [2.45, 2.75) is 26.7 Å². The van der Waals surface area contributed by atoms with Crippen LogP contribution in [0.5, 0.6) is 0 Å². The maximum absolute atomic E-state index is 11.8. The maximum Gasteiger partial charge on any atom is 0.257 e. The molecule has 17 heavy (non-hydrogen) atoms. The van der Waals surface area contributed by atoms with Crippen LogP contribution in [0, 0.1) is 0 Å². The fourth-order valence-corrected chi connectivity index (χ4v) is 2.56. The van der Waals surface area contributed by atoms with Crippen LogP contribution in [-0.4, -0.2) is 30.4 Å². The predicted octanol–water partition coefficient (Wildman–Crippen LogP) is 1.71. The van der Waals surface area contributed by atoms with Crippen LogP contribution in [0.25, 0.3) is 0 Å². The highest BCUT2D eigenvalue weighted by molar-refractivity contribution is 7.11. The van der Waals surface area contributed by atoms with Gasteiger partial charge in [0.2, 0.25) is 0 Å². The molecule has 6 heteroatoms. The summed E-state index contributed by atoms with van der Waals surface area (Å²) in [7, 11) is 1.60. The number of nitrogens with one attached hydrogen (secondary N) is 1. The maximum atomic E-state index is 11.8. The minimum Gasteiger partial charge on any atom is -0.382 e. The molecule has 0 unspecified atom stereocenters. The molecule has 0 saturated carbocycles. The van der Waals surface area contributed by atoms with E-state index in [4.69, 9.17) is 5.73 Å². The number of hydrogen-bond acceptors (Lipinski definition) is 5. The van der Waals surface area contributed by atoms with Crippen molar-refractivity contribution in [3.8, 4) is 0 Å². The molecule has 5 nitrogen and oxygen atoms in total. The largest absolute Gasteiger partial charge is 0.382 e. The summed E-state index contributed by atoms with van der Waals surface area (Å²) in [5.74, 6) is 0.157. The van der Waals surface area contributed by atoms with Gasteiger partial charge in [-0.25, -0.2) is 0 Å². The smallest absolute Gasteiger partial charge is 0.257 e. The van der Waals surface area contributed by atoms with E-state index in [1.165, 1.54) is 11.5 Å². The third-order valence-electron chi connectivity index (χ3n) is 2.43. The van der Waals surface area contributed by atoms with Gasteiger partial charge in [-0.1, -0.05) is 13.8 Å². The summed E-state index contributed by atoms with van der Waals surface area (Å²) >= 11 is 1.30. The number of aromatic nitrogens is 1. The molecule has 1 rings (SSSR count). The van der Waals surface area contributed by atoms with Gasteiger partial charge in [0.15, 0.2) is 5.82 Å². The third-order valence-corrected chi connectivity index (χ3v) is 3.35. The van der Waals surface area contributed by atoms with Gasteiger partial charge in [0.05, 0.1) is 0 Å². The van der Waals surface area contributed by atoms with E-state index in [0.29, 0.717) is 11.4 Å². The van der Waals surface area contributed by atoms with Crippen molar-refractivity contribution in [3.05, 3.63) is 5.56 Å². The highest BCUT2D eigenvalue weighted by Crippen LogP contribution is 2.30. The molecule has 1 amide bonds. The molecule has 0 aromatic carbocycles. The zero-order chi connectivity index (χ0) is 12.8. The predicted molar refractivity (Wildman–Crippen MR) is 72.7 cm³/mol. The van der Waals surface area contributed by atoms with Gasteiger partial charge in [-0.2, -0.15) is 4.37 Å². The summed E-state index contributed by atoms with van der Waals surface area (Å²) < 4.78 is 4.09. The van der Waals surface area contributed by atoms with Gasteiger partial charge >= 0.3 is 0 Å². The highest BCUT2D eigenvalue weighted by Gasteiger charge is 2.21. The molecule has 0 aliphatic heterocycles. The summed E-state index contributed by atoms with van der Waals surface area (Å²) in [5.41, 5.74) is 6.27. The Balaban J connectivity index is 3.05. The number of anilines is 2. The van der Waals surface area contributed by atoms with E-state index in [0.717, 1.165) is 30.9 Å². The first-order chi connectivity index (χ1) is 8.15. The number of carbonyl (C=O) groups is 1. The van der Waals surface area contributed by atoms with Crippen molar-refractivity contribution in [1.82, 2.24) is 9.69 Å². The Morgan fingerprint density at radius 1 is 1.41 bits per heavy atom. The number of hydrogen-bond donors (Lipinski definition) is 2. The molecular formula is C11H20N4OS. The number of carbonyl (C=O) groups excluding carboxylic acids is 1. The SMILES string of the molecule is CCCN(CCC)c1snc(N)c1C(=O)NC. The first-order valence-electron chi connectivity index (χ1n) is 5.87. The van der Waals surface area contributed by atoms with Gasteiger partial charge in [-0.15, -0.1) is 0 Å². The molecule has 0 saturated heterocycles. The topological polar surface area (TPSA) is 71.2 Å². The minimum atomic E-state index is -0.163. The average Bonchev–Trinajstić information content (AvgIpc) is 2.70. The first kappa shape index (κ1) is 13.8. The number of amides is 1. The van der Waals surface area contributed by atoms with E-state index in [2.05, 4.69) is 28.4 Å². The first-order valence-corrected chi connectivity index (χ1v) is 6.65. The second-order valence-electron chi connectivity index (χ2n) is 3.81. The van der Waals surface area contributed by atoms with Gasteiger partial charge in [0.1, 0.15) is 10.6 Å². The summed E-state index contributed by atoms with van der Waals surface area (Å²) in [6, 6.07) is 0. The molecule has 0 spiro atoms. The second-order valence-corrected chi connectivity index (χ2v) is 4.57. The summed E-state index contributed by atoms with van der Waals surface area (Å²) in [5, 5.41) is 3.49. The lowest BCUT2D eigenvalue weighted by molar-refractivity contribution is 0.0964. The number of nitrogens with zero attached hydrogens (tertiary/aromatic N) is 2. The average molecular weight is 256 g/mol. The Morgan fingerprint density at radius 3 is 2.47 bits per heavy atom. The van der Waals surface area contributed by atoms with Crippen molar-refractivity contribution in [2.24, 2.45) is 0 Å². The molecule has 3 N–H and O–H groups in total. The van der Waals surface area contributed by atoms with Crippen LogP contribution >= 0.6 is 11.5 Å². The van der Waals surface area contributed by atoms with Crippen LogP contribution in [0.2, 0.25) is 0 Å². The third kappa shape index (κ3) is 3.09. The lowest BCUT2D eigenvalue weighted by Crippen LogP contribution is -2.28. The molecule has 0 atom stereocenters. The monoisotopic (exact) mass is 256 g/mol. The number of rotatable bonds is 6. The summed E-state index contributed by atoms with van der Waals surface area (Å²) in [6.07, 6.45) is 2.07. The van der Waals surface area contributed by atoms with E-state index < -0.39 is 0 Å². The van der Waals surface area contributed by atoms with E-state index in [1.807, 2.05) is 0 Å². The van der Waals surface area contributed by atoms with Gasteiger partial charge in [-0.3, -0.25) is 4.79 Å². The van der Waals surface area contributed by atoms with E-state index in [-0.39, 0.29) is 5.91 Å². The lowest BCUT2D eigenvalue weighted by Gasteiger charge is -2.22. The molecule has 0 radical (unpaired) electrons. The molecule has 0 aliphatic rings. The fraction of sp³-hybridized carbons (Fsp3) is 0.636. The van der Waals surface area contributed by atoms with Crippen molar-refractivity contribution >= 4 is 28.3 Å². The minimum absolute atomic E-state index is 0.163.